The highest BCUT2D eigenvalue weighted by molar-refractivity contribution is 9.10. The van der Waals surface area contributed by atoms with Crippen LogP contribution in [-0.2, 0) is 0 Å². The van der Waals surface area contributed by atoms with Crippen LogP contribution in [0.3, 0.4) is 0 Å². The monoisotopic (exact) mass is 325 g/mol. The van der Waals surface area contributed by atoms with Crippen molar-refractivity contribution in [3.8, 4) is 0 Å². The van der Waals surface area contributed by atoms with E-state index < -0.39 is 0 Å². The number of aromatic nitrogens is 2. The molecule has 1 amide bonds. The highest BCUT2D eigenvalue weighted by Crippen LogP contribution is 2.19. The van der Waals surface area contributed by atoms with Gasteiger partial charge in [-0.2, -0.15) is 0 Å². The number of amides is 1. The summed E-state index contributed by atoms with van der Waals surface area (Å²) in [6.07, 6.45) is 1.63. The third-order valence-corrected chi connectivity index (χ3v) is 4.14. The van der Waals surface area contributed by atoms with Gasteiger partial charge in [-0.25, -0.2) is 9.97 Å². The molecule has 0 aromatic carbocycles. The fourth-order valence-corrected chi connectivity index (χ4v) is 2.70. The average Bonchev–Trinajstić information content (AvgIpc) is 2.76. The van der Waals surface area contributed by atoms with Crippen LogP contribution in [0, 0.1) is 6.92 Å². The fourth-order valence-electron chi connectivity index (χ4n) is 1.46. The lowest BCUT2D eigenvalue weighted by molar-refractivity contribution is 0.0938. The molecular weight excluding hydrogens is 314 g/mol. The van der Waals surface area contributed by atoms with Crippen molar-refractivity contribution in [2.75, 3.05) is 0 Å². The SMILES string of the molecule is Cc1csc(C(C)NC(=O)c2cccnc2Br)n1. The van der Waals surface area contributed by atoms with E-state index in [1.165, 1.54) is 0 Å². The van der Waals surface area contributed by atoms with Crippen LogP contribution in [0.15, 0.2) is 28.3 Å². The maximum atomic E-state index is 12.1. The predicted molar refractivity (Wildman–Crippen MR) is 74.7 cm³/mol. The van der Waals surface area contributed by atoms with E-state index in [9.17, 15) is 4.79 Å². The van der Waals surface area contributed by atoms with Crippen molar-refractivity contribution < 1.29 is 4.79 Å². The van der Waals surface area contributed by atoms with E-state index in [0.29, 0.717) is 10.2 Å². The van der Waals surface area contributed by atoms with Gasteiger partial charge < -0.3 is 5.32 Å². The summed E-state index contributed by atoms with van der Waals surface area (Å²) in [6.45, 7) is 3.85. The molecule has 94 valence electrons. The Hall–Kier alpha value is -1.27. The van der Waals surface area contributed by atoms with E-state index in [0.717, 1.165) is 10.7 Å². The van der Waals surface area contributed by atoms with Gasteiger partial charge in [-0.05, 0) is 41.9 Å². The lowest BCUT2D eigenvalue weighted by Gasteiger charge is -2.11. The molecule has 1 N–H and O–H groups in total. The van der Waals surface area contributed by atoms with Crippen molar-refractivity contribution in [3.63, 3.8) is 0 Å². The molecule has 2 heterocycles. The number of nitrogens with one attached hydrogen (secondary N) is 1. The smallest absolute Gasteiger partial charge is 0.254 e. The molecule has 0 fully saturated rings. The zero-order chi connectivity index (χ0) is 13.1. The Labute approximate surface area is 118 Å². The van der Waals surface area contributed by atoms with Gasteiger partial charge in [0.25, 0.3) is 5.91 Å². The Morgan fingerprint density at radius 3 is 2.94 bits per heavy atom. The van der Waals surface area contributed by atoms with Crippen LogP contribution < -0.4 is 5.32 Å². The third-order valence-electron chi connectivity index (χ3n) is 2.36. The van der Waals surface area contributed by atoms with Crippen LogP contribution in [0.4, 0.5) is 0 Å². The van der Waals surface area contributed by atoms with Gasteiger partial charge in [-0.15, -0.1) is 11.3 Å². The van der Waals surface area contributed by atoms with Gasteiger partial charge in [0.15, 0.2) is 0 Å². The molecule has 2 aromatic rings. The maximum Gasteiger partial charge on any atom is 0.254 e. The molecule has 1 atom stereocenters. The Bertz CT molecular complexity index is 570. The van der Waals surface area contributed by atoms with Crippen molar-refractivity contribution in [2.45, 2.75) is 19.9 Å². The number of halogens is 1. The van der Waals surface area contributed by atoms with Gasteiger partial charge in [0, 0.05) is 17.3 Å². The molecule has 0 aliphatic heterocycles. The first-order valence-corrected chi connectivity index (χ1v) is 7.08. The van der Waals surface area contributed by atoms with Crippen LogP contribution in [-0.4, -0.2) is 15.9 Å². The third kappa shape index (κ3) is 2.94. The summed E-state index contributed by atoms with van der Waals surface area (Å²) in [4.78, 5) is 20.4. The molecule has 0 spiro atoms. The van der Waals surface area contributed by atoms with Crippen molar-refractivity contribution >= 4 is 33.2 Å². The van der Waals surface area contributed by atoms with Gasteiger partial charge >= 0.3 is 0 Å². The lowest BCUT2D eigenvalue weighted by atomic mass is 10.2. The van der Waals surface area contributed by atoms with Crippen molar-refractivity contribution in [3.05, 3.63) is 44.6 Å². The minimum absolute atomic E-state index is 0.108. The highest BCUT2D eigenvalue weighted by atomic mass is 79.9. The topological polar surface area (TPSA) is 54.9 Å². The second-order valence-corrected chi connectivity index (χ2v) is 5.50. The Morgan fingerprint density at radius 1 is 1.56 bits per heavy atom. The van der Waals surface area contributed by atoms with E-state index in [1.54, 1.807) is 29.7 Å². The molecular formula is C12H12BrN3OS. The van der Waals surface area contributed by atoms with Crippen molar-refractivity contribution in [2.24, 2.45) is 0 Å². The van der Waals surface area contributed by atoms with Crippen LogP contribution in [0.2, 0.25) is 0 Å². The second-order valence-electron chi connectivity index (χ2n) is 3.86. The summed E-state index contributed by atoms with van der Waals surface area (Å²) in [5.74, 6) is -0.157. The molecule has 0 radical (unpaired) electrons. The van der Waals surface area contributed by atoms with Crippen molar-refractivity contribution in [1.29, 1.82) is 0 Å². The second kappa shape index (κ2) is 5.58. The van der Waals surface area contributed by atoms with Gasteiger partial charge in [-0.1, -0.05) is 0 Å². The summed E-state index contributed by atoms with van der Waals surface area (Å²) >= 11 is 4.81. The largest absolute Gasteiger partial charge is 0.343 e. The summed E-state index contributed by atoms with van der Waals surface area (Å²) < 4.78 is 0.546. The number of rotatable bonds is 3. The first-order chi connectivity index (χ1) is 8.58. The molecule has 18 heavy (non-hydrogen) atoms. The number of thiazole rings is 1. The summed E-state index contributed by atoms with van der Waals surface area (Å²) in [5.41, 5.74) is 1.50. The molecule has 2 aromatic heterocycles. The zero-order valence-electron chi connectivity index (χ0n) is 9.98. The van der Waals surface area contributed by atoms with Crippen LogP contribution >= 0.6 is 27.3 Å². The highest BCUT2D eigenvalue weighted by Gasteiger charge is 2.16. The van der Waals surface area contributed by atoms with E-state index in [2.05, 4.69) is 31.2 Å². The predicted octanol–water partition coefficient (Wildman–Crippen LogP) is 3.10. The number of aryl methyl sites for hydroxylation is 1. The number of hydrogen-bond donors (Lipinski definition) is 1. The molecule has 2 rings (SSSR count). The first-order valence-electron chi connectivity index (χ1n) is 5.41. The van der Waals surface area contributed by atoms with Gasteiger partial charge in [0.2, 0.25) is 0 Å². The van der Waals surface area contributed by atoms with E-state index in [4.69, 9.17) is 0 Å². The molecule has 6 heteroatoms. The number of carbonyl (C=O) groups excluding carboxylic acids is 1. The molecule has 0 bridgehead atoms. The fraction of sp³-hybridized carbons (Fsp3) is 0.250. The molecule has 0 aliphatic rings. The minimum Gasteiger partial charge on any atom is -0.343 e. The van der Waals surface area contributed by atoms with Crippen LogP contribution in [0.25, 0.3) is 0 Å². The van der Waals surface area contributed by atoms with E-state index in [1.807, 2.05) is 19.2 Å². The van der Waals surface area contributed by atoms with Gasteiger partial charge in [0.05, 0.1) is 11.6 Å². The molecule has 4 nitrogen and oxygen atoms in total. The Morgan fingerprint density at radius 2 is 2.33 bits per heavy atom. The standard InChI is InChI=1S/C12H12BrN3OS/c1-7-6-18-12(15-7)8(2)16-11(17)9-4-3-5-14-10(9)13/h3-6,8H,1-2H3,(H,16,17). The Balaban J connectivity index is 2.10. The quantitative estimate of drug-likeness (QED) is 0.882. The molecule has 0 saturated heterocycles. The number of hydrogen-bond acceptors (Lipinski definition) is 4. The maximum absolute atomic E-state index is 12.1. The molecule has 0 aliphatic carbocycles. The number of nitrogens with zero attached hydrogens (tertiary/aromatic N) is 2. The zero-order valence-corrected chi connectivity index (χ0v) is 12.4. The normalized spacial score (nSPS) is 12.2. The van der Waals surface area contributed by atoms with E-state index >= 15 is 0 Å². The first kappa shape index (κ1) is 13.2. The minimum atomic E-state index is -0.157. The van der Waals surface area contributed by atoms with E-state index in [-0.39, 0.29) is 11.9 Å². The number of carbonyl (C=O) groups is 1. The van der Waals surface area contributed by atoms with Gasteiger partial charge in [-0.3, -0.25) is 4.79 Å². The molecule has 0 saturated carbocycles. The summed E-state index contributed by atoms with van der Waals surface area (Å²) in [6, 6.07) is 3.35. The van der Waals surface area contributed by atoms with Crippen molar-refractivity contribution in [1.82, 2.24) is 15.3 Å². The molecule has 1 unspecified atom stereocenters. The van der Waals surface area contributed by atoms with Crippen LogP contribution in [0.1, 0.15) is 34.0 Å². The van der Waals surface area contributed by atoms with Gasteiger partial charge in [0.1, 0.15) is 9.61 Å². The van der Waals surface area contributed by atoms with Crippen LogP contribution in [0.5, 0.6) is 0 Å². The lowest BCUT2D eigenvalue weighted by Crippen LogP contribution is -2.27. The summed E-state index contributed by atoms with van der Waals surface area (Å²) in [7, 11) is 0. The Kier molecular flexibility index (Phi) is 4.08. The summed E-state index contributed by atoms with van der Waals surface area (Å²) in [5, 5.41) is 5.78. The average molecular weight is 326 g/mol. The number of pyridine rings is 1.